The van der Waals surface area contributed by atoms with Gasteiger partial charge in [-0.05, 0) is 50.0 Å². The third-order valence-corrected chi connectivity index (χ3v) is 4.57. The van der Waals surface area contributed by atoms with Gasteiger partial charge in [0, 0.05) is 13.2 Å². The van der Waals surface area contributed by atoms with Crippen LogP contribution < -0.4 is 5.32 Å². The zero-order chi connectivity index (χ0) is 12.2. The predicted octanol–water partition coefficient (Wildman–Crippen LogP) is 1.98. The van der Waals surface area contributed by atoms with E-state index in [-0.39, 0.29) is 0 Å². The maximum absolute atomic E-state index is 5.64. The van der Waals surface area contributed by atoms with Crippen molar-refractivity contribution in [1.29, 1.82) is 0 Å². The molecule has 1 saturated heterocycles. The summed E-state index contributed by atoms with van der Waals surface area (Å²) in [4.78, 5) is 0. The number of allylic oxidation sites excluding steroid dienone is 2. The summed E-state index contributed by atoms with van der Waals surface area (Å²) in [5, 5.41) is 3.54. The molecule has 0 amide bonds. The second-order valence-corrected chi connectivity index (χ2v) is 5.95. The van der Waals surface area contributed by atoms with Gasteiger partial charge in [-0.2, -0.15) is 0 Å². The molecule has 1 N–H and O–H groups in total. The summed E-state index contributed by atoms with van der Waals surface area (Å²) >= 11 is 0. The number of nitrogens with one attached hydrogen (secondary N) is 1. The molecule has 3 nitrogen and oxygen atoms in total. The van der Waals surface area contributed by atoms with Crippen molar-refractivity contribution >= 4 is 0 Å². The average molecular weight is 251 g/mol. The van der Waals surface area contributed by atoms with Gasteiger partial charge in [0.15, 0.2) is 0 Å². The van der Waals surface area contributed by atoms with Gasteiger partial charge in [0.2, 0.25) is 0 Å². The lowest BCUT2D eigenvalue weighted by molar-refractivity contribution is 0.0181. The topological polar surface area (TPSA) is 30.5 Å². The fraction of sp³-hybridized carbons (Fsp3) is 0.867. The van der Waals surface area contributed by atoms with Gasteiger partial charge in [0.25, 0.3) is 0 Å². The van der Waals surface area contributed by atoms with Gasteiger partial charge in [-0.25, -0.2) is 0 Å². The summed E-state index contributed by atoms with van der Waals surface area (Å²) in [6, 6.07) is 0. The monoisotopic (exact) mass is 251 g/mol. The molecule has 3 heteroatoms. The Kier molecular flexibility index (Phi) is 4.34. The number of hydrogen-bond donors (Lipinski definition) is 1. The minimum Gasteiger partial charge on any atom is -0.377 e. The van der Waals surface area contributed by atoms with Crippen molar-refractivity contribution in [3.63, 3.8) is 0 Å². The normalized spacial score (nSPS) is 37.8. The van der Waals surface area contributed by atoms with Crippen LogP contribution >= 0.6 is 0 Å². The minimum absolute atomic E-state index is 0.362. The number of hydrogen-bond acceptors (Lipinski definition) is 3. The molecular formula is C15H25NO2. The average Bonchev–Trinajstić information content (AvgIpc) is 3.10. The third-order valence-electron chi connectivity index (χ3n) is 4.57. The SMILES string of the molecule is C1=C[C@H]2C[C@H]1C[C@@H]2CNCCOC[C@@H]1CCCO1. The van der Waals surface area contributed by atoms with Crippen molar-refractivity contribution in [2.75, 3.05) is 32.9 Å². The molecule has 18 heavy (non-hydrogen) atoms. The van der Waals surface area contributed by atoms with Crippen LogP contribution in [0.3, 0.4) is 0 Å². The predicted molar refractivity (Wildman–Crippen MR) is 71.5 cm³/mol. The summed E-state index contributed by atoms with van der Waals surface area (Å²) in [6.45, 7) is 4.65. The first-order chi connectivity index (χ1) is 8.92. The third kappa shape index (κ3) is 3.14. The Morgan fingerprint density at radius 2 is 2.28 bits per heavy atom. The Bertz CT molecular complexity index is 286. The lowest BCUT2D eigenvalue weighted by atomic mass is 9.94. The summed E-state index contributed by atoms with van der Waals surface area (Å²) < 4.78 is 11.2. The van der Waals surface area contributed by atoms with Crippen LogP contribution in [0.5, 0.6) is 0 Å². The Morgan fingerprint density at radius 1 is 1.28 bits per heavy atom. The van der Waals surface area contributed by atoms with E-state index in [0.29, 0.717) is 6.10 Å². The highest BCUT2D eigenvalue weighted by molar-refractivity contribution is 5.10. The molecule has 4 atom stereocenters. The molecule has 2 bridgehead atoms. The molecule has 2 fully saturated rings. The lowest BCUT2D eigenvalue weighted by Gasteiger charge is -2.18. The zero-order valence-corrected chi connectivity index (χ0v) is 11.1. The zero-order valence-electron chi connectivity index (χ0n) is 11.1. The minimum atomic E-state index is 0.362. The van der Waals surface area contributed by atoms with Gasteiger partial charge >= 0.3 is 0 Å². The van der Waals surface area contributed by atoms with Gasteiger partial charge in [0.05, 0.1) is 19.3 Å². The highest BCUT2D eigenvalue weighted by Crippen LogP contribution is 2.42. The van der Waals surface area contributed by atoms with Crippen molar-refractivity contribution in [2.24, 2.45) is 17.8 Å². The summed E-state index contributed by atoms with van der Waals surface area (Å²) in [5.74, 6) is 2.62. The highest BCUT2D eigenvalue weighted by Gasteiger charge is 2.34. The fourth-order valence-corrected chi connectivity index (χ4v) is 3.55. The van der Waals surface area contributed by atoms with Crippen LogP contribution in [0, 0.1) is 17.8 Å². The van der Waals surface area contributed by atoms with Gasteiger partial charge in [-0.15, -0.1) is 0 Å². The summed E-state index contributed by atoms with van der Waals surface area (Å²) in [5.41, 5.74) is 0. The first-order valence-corrected chi connectivity index (χ1v) is 7.50. The van der Waals surface area contributed by atoms with Crippen molar-refractivity contribution < 1.29 is 9.47 Å². The standard InChI is InChI=1S/C15H25NO2/c1-2-15(18-6-1)11-17-7-5-16-10-14-9-12-3-4-13(14)8-12/h3-4,12-16H,1-2,5-11H2/t12-,13-,14+,15-/m0/s1. The van der Waals surface area contributed by atoms with E-state index in [0.717, 1.165) is 50.7 Å². The largest absolute Gasteiger partial charge is 0.377 e. The molecule has 0 aromatic rings. The number of ether oxygens (including phenoxy) is 2. The van der Waals surface area contributed by atoms with Crippen molar-refractivity contribution in [2.45, 2.75) is 31.8 Å². The van der Waals surface area contributed by atoms with Crippen molar-refractivity contribution in [1.82, 2.24) is 5.32 Å². The maximum Gasteiger partial charge on any atom is 0.0809 e. The second-order valence-electron chi connectivity index (χ2n) is 5.95. The Balaban J connectivity index is 1.20. The molecule has 1 heterocycles. The van der Waals surface area contributed by atoms with Crippen LogP contribution in [0.1, 0.15) is 25.7 Å². The van der Waals surface area contributed by atoms with Crippen LogP contribution in [-0.4, -0.2) is 39.0 Å². The molecule has 1 saturated carbocycles. The molecule has 102 valence electrons. The molecule has 0 radical (unpaired) electrons. The second kappa shape index (κ2) is 6.18. The van der Waals surface area contributed by atoms with Crippen molar-refractivity contribution in [3.8, 4) is 0 Å². The first kappa shape index (κ1) is 12.6. The van der Waals surface area contributed by atoms with E-state index < -0.39 is 0 Å². The van der Waals surface area contributed by atoms with Gasteiger partial charge in [-0.1, -0.05) is 12.2 Å². The molecule has 0 aromatic heterocycles. The molecule has 0 aromatic carbocycles. The molecular weight excluding hydrogens is 226 g/mol. The highest BCUT2D eigenvalue weighted by atomic mass is 16.5. The molecule has 0 spiro atoms. The van der Waals surface area contributed by atoms with E-state index in [2.05, 4.69) is 17.5 Å². The number of fused-ring (bicyclic) bond motifs is 2. The summed E-state index contributed by atoms with van der Waals surface area (Å²) in [6.07, 6.45) is 10.4. The van der Waals surface area contributed by atoms with E-state index >= 15 is 0 Å². The molecule has 0 unspecified atom stereocenters. The molecule has 3 rings (SSSR count). The van der Waals surface area contributed by atoms with Crippen molar-refractivity contribution in [3.05, 3.63) is 12.2 Å². The molecule has 1 aliphatic heterocycles. The van der Waals surface area contributed by atoms with Gasteiger partial charge in [-0.3, -0.25) is 0 Å². The Morgan fingerprint density at radius 3 is 3.00 bits per heavy atom. The van der Waals surface area contributed by atoms with Crippen LogP contribution in [0.25, 0.3) is 0 Å². The van der Waals surface area contributed by atoms with E-state index in [4.69, 9.17) is 9.47 Å². The van der Waals surface area contributed by atoms with Crippen LogP contribution in [0.15, 0.2) is 12.2 Å². The number of rotatable bonds is 7. The van der Waals surface area contributed by atoms with Crippen LogP contribution in [0.2, 0.25) is 0 Å². The Hall–Kier alpha value is -0.380. The smallest absolute Gasteiger partial charge is 0.0809 e. The van der Waals surface area contributed by atoms with Crippen LogP contribution in [0.4, 0.5) is 0 Å². The Labute approximate surface area is 110 Å². The quantitative estimate of drug-likeness (QED) is 0.554. The van der Waals surface area contributed by atoms with Gasteiger partial charge in [0.1, 0.15) is 0 Å². The fourth-order valence-electron chi connectivity index (χ4n) is 3.55. The van der Waals surface area contributed by atoms with Gasteiger partial charge < -0.3 is 14.8 Å². The molecule has 3 aliphatic rings. The van der Waals surface area contributed by atoms with E-state index in [1.807, 2.05) is 0 Å². The molecule has 2 aliphatic carbocycles. The summed E-state index contributed by atoms with van der Waals surface area (Å²) in [7, 11) is 0. The van der Waals surface area contributed by atoms with E-state index in [1.165, 1.54) is 25.7 Å². The maximum atomic E-state index is 5.64. The first-order valence-electron chi connectivity index (χ1n) is 7.50. The van der Waals surface area contributed by atoms with Crippen LogP contribution in [-0.2, 0) is 9.47 Å². The van der Waals surface area contributed by atoms with E-state index in [9.17, 15) is 0 Å². The lowest BCUT2D eigenvalue weighted by Crippen LogP contribution is -2.29. The van der Waals surface area contributed by atoms with E-state index in [1.54, 1.807) is 0 Å².